The van der Waals surface area contributed by atoms with Crippen molar-refractivity contribution in [3.05, 3.63) is 29.3 Å². The molecule has 0 unspecified atom stereocenters. The monoisotopic (exact) mass is 314 g/mol. The Labute approximate surface area is 127 Å². The molecule has 0 spiro atoms. The first-order valence-electron chi connectivity index (χ1n) is 7.24. The normalized spacial score (nSPS) is 12.0. The van der Waals surface area contributed by atoms with Gasteiger partial charge in [-0.25, -0.2) is 13.1 Å². The molecule has 0 saturated heterocycles. The molecule has 0 fully saturated rings. The van der Waals surface area contributed by atoms with E-state index in [9.17, 15) is 8.42 Å². The summed E-state index contributed by atoms with van der Waals surface area (Å²) in [6.07, 6.45) is 0.977. The lowest BCUT2D eigenvalue weighted by Crippen LogP contribution is -2.28. The van der Waals surface area contributed by atoms with Gasteiger partial charge in [-0.2, -0.15) is 0 Å². The Kier molecular flexibility index (Phi) is 7.31. The van der Waals surface area contributed by atoms with Crippen molar-refractivity contribution in [2.45, 2.75) is 38.6 Å². The van der Waals surface area contributed by atoms with Gasteiger partial charge in [0, 0.05) is 19.7 Å². The summed E-state index contributed by atoms with van der Waals surface area (Å²) < 4.78 is 32.5. The molecule has 0 aromatic heterocycles. The SMILES string of the molecule is Cc1c(CN)cccc1S(=O)(=O)NCCOCCC(C)C. The summed E-state index contributed by atoms with van der Waals surface area (Å²) in [6.45, 7) is 7.65. The Hall–Kier alpha value is -0.950. The lowest BCUT2D eigenvalue weighted by molar-refractivity contribution is 0.128. The van der Waals surface area contributed by atoms with Crippen LogP contribution in [0.1, 0.15) is 31.4 Å². The van der Waals surface area contributed by atoms with Crippen molar-refractivity contribution < 1.29 is 13.2 Å². The zero-order valence-corrected chi connectivity index (χ0v) is 13.9. The summed E-state index contributed by atoms with van der Waals surface area (Å²) in [7, 11) is -3.51. The van der Waals surface area contributed by atoms with Crippen molar-refractivity contribution in [2.24, 2.45) is 11.7 Å². The van der Waals surface area contributed by atoms with E-state index < -0.39 is 10.0 Å². The molecule has 1 aromatic carbocycles. The fraction of sp³-hybridized carbons (Fsp3) is 0.600. The number of hydrogen-bond donors (Lipinski definition) is 2. The van der Waals surface area contributed by atoms with E-state index in [4.69, 9.17) is 10.5 Å². The van der Waals surface area contributed by atoms with Crippen LogP contribution in [-0.4, -0.2) is 28.2 Å². The first-order chi connectivity index (χ1) is 9.88. The zero-order valence-electron chi connectivity index (χ0n) is 13.1. The number of ether oxygens (including phenoxy) is 1. The Morgan fingerprint density at radius 2 is 2.00 bits per heavy atom. The van der Waals surface area contributed by atoms with E-state index >= 15 is 0 Å². The Balaban J connectivity index is 2.54. The molecule has 1 rings (SSSR count). The van der Waals surface area contributed by atoms with E-state index in [1.54, 1.807) is 19.1 Å². The van der Waals surface area contributed by atoms with Crippen LogP contribution < -0.4 is 10.5 Å². The van der Waals surface area contributed by atoms with Gasteiger partial charge in [-0.1, -0.05) is 26.0 Å². The molecule has 0 bridgehead atoms. The van der Waals surface area contributed by atoms with Gasteiger partial charge in [0.05, 0.1) is 11.5 Å². The standard InChI is InChI=1S/C15H26N2O3S/c1-12(2)7-9-20-10-8-17-21(18,19)15-6-4-5-14(11-16)13(15)3/h4-6,12,17H,7-11,16H2,1-3H3. The molecule has 0 amide bonds. The molecule has 21 heavy (non-hydrogen) atoms. The number of sulfonamides is 1. The highest BCUT2D eigenvalue weighted by molar-refractivity contribution is 7.89. The molecule has 0 atom stereocenters. The van der Waals surface area contributed by atoms with Crippen LogP contribution in [0.5, 0.6) is 0 Å². The lowest BCUT2D eigenvalue weighted by Gasteiger charge is -2.12. The van der Waals surface area contributed by atoms with Gasteiger partial charge in [-0.15, -0.1) is 0 Å². The molecule has 3 N–H and O–H groups in total. The van der Waals surface area contributed by atoms with Gasteiger partial charge in [0.2, 0.25) is 10.0 Å². The van der Waals surface area contributed by atoms with Gasteiger partial charge >= 0.3 is 0 Å². The number of benzene rings is 1. The average Bonchev–Trinajstić information content (AvgIpc) is 2.42. The largest absolute Gasteiger partial charge is 0.380 e. The lowest BCUT2D eigenvalue weighted by atomic mass is 10.1. The summed E-state index contributed by atoms with van der Waals surface area (Å²) in [4.78, 5) is 0.285. The zero-order chi connectivity index (χ0) is 15.9. The van der Waals surface area contributed by atoms with E-state index in [0.29, 0.717) is 31.2 Å². The Bertz CT molecular complexity index is 542. The van der Waals surface area contributed by atoms with Gasteiger partial charge in [0.1, 0.15) is 0 Å². The minimum Gasteiger partial charge on any atom is -0.380 e. The Morgan fingerprint density at radius 3 is 2.62 bits per heavy atom. The van der Waals surface area contributed by atoms with E-state index in [1.165, 1.54) is 0 Å². The van der Waals surface area contributed by atoms with Crippen molar-refractivity contribution in [3.63, 3.8) is 0 Å². The summed E-state index contributed by atoms with van der Waals surface area (Å²) in [5.74, 6) is 0.586. The van der Waals surface area contributed by atoms with Crippen LogP contribution in [0.25, 0.3) is 0 Å². The minimum absolute atomic E-state index is 0.271. The predicted molar refractivity (Wildman–Crippen MR) is 84.5 cm³/mol. The van der Waals surface area contributed by atoms with E-state index in [-0.39, 0.29) is 11.4 Å². The third-order valence-electron chi connectivity index (χ3n) is 3.28. The third-order valence-corrected chi connectivity index (χ3v) is 4.89. The molecule has 0 aliphatic heterocycles. The smallest absolute Gasteiger partial charge is 0.240 e. The second kappa shape index (κ2) is 8.48. The van der Waals surface area contributed by atoms with Crippen molar-refractivity contribution in [3.8, 4) is 0 Å². The van der Waals surface area contributed by atoms with Crippen LogP contribution >= 0.6 is 0 Å². The molecule has 6 heteroatoms. The maximum Gasteiger partial charge on any atom is 0.240 e. The van der Waals surface area contributed by atoms with Crippen molar-refractivity contribution in [1.82, 2.24) is 4.72 Å². The minimum atomic E-state index is -3.51. The molecule has 0 radical (unpaired) electrons. The summed E-state index contributed by atoms with van der Waals surface area (Å²) >= 11 is 0. The first kappa shape index (κ1) is 18.1. The summed E-state index contributed by atoms with van der Waals surface area (Å²) in [6, 6.07) is 5.14. The maximum atomic E-state index is 12.3. The summed E-state index contributed by atoms with van der Waals surface area (Å²) in [5, 5.41) is 0. The van der Waals surface area contributed by atoms with Crippen LogP contribution in [0, 0.1) is 12.8 Å². The van der Waals surface area contributed by atoms with Crippen LogP contribution in [0.3, 0.4) is 0 Å². The fourth-order valence-electron chi connectivity index (χ4n) is 1.92. The third kappa shape index (κ3) is 5.74. The van der Waals surface area contributed by atoms with E-state index in [0.717, 1.165) is 12.0 Å². The first-order valence-corrected chi connectivity index (χ1v) is 8.72. The van der Waals surface area contributed by atoms with Crippen molar-refractivity contribution in [2.75, 3.05) is 19.8 Å². The van der Waals surface area contributed by atoms with Gasteiger partial charge in [0.25, 0.3) is 0 Å². The second-order valence-electron chi connectivity index (χ2n) is 5.44. The number of nitrogens with two attached hydrogens (primary N) is 1. The second-order valence-corrected chi connectivity index (χ2v) is 7.17. The molecule has 120 valence electrons. The van der Waals surface area contributed by atoms with Crippen LogP contribution in [0.2, 0.25) is 0 Å². The quantitative estimate of drug-likeness (QED) is 0.681. The van der Waals surface area contributed by atoms with Gasteiger partial charge in [-0.3, -0.25) is 0 Å². The molecule has 5 nitrogen and oxygen atoms in total. The Morgan fingerprint density at radius 1 is 1.29 bits per heavy atom. The molecular formula is C15H26N2O3S. The molecule has 0 aliphatic carbocycles. The number of hydrogen-bond acceptors (Lipinski definition) is 4. The highest BCUT2D eigenvalue weighted by Crippen LogP contribution is 2.18. The topological polar surface area (TPSA) is 81.4 Å². The highest BCUT2D eigenvalue weighted by atomic mass is 32.2. The van der Waals surface area contributed by atoms with Gasteiger partial charge < -0.3 is 10.5 Å². The maximum absolute atomic E-state index is 12.3. The van der Waals surface area contributed by atoms with Crippen LogP contribution in [0.15, 0.2) is 23.1 Å². The fourth-order valence-corrected chi connectivity index (χ4v) is 3.22. The summed E-state index contributed by atoms with van der Waals surface area (Å²) in [5.41, 5.74) is 7.15. The van der Waals surface area contributed by atoms with Crippen LogP contribution in [0.4, 0.5) is 0 Å². The molecule has 0 saturated carbocycles. The molecule has 1 aromatic rings. The van der Waals surface area contributed by atoms with Crippen LogP contribution in [-0.2, 0) is 21.3 Å². The van der Waals surface area contributed by atoms with Gasteiger partial charge in [0.15, 0.2) is 0 Å². The highest BCUT2D eigenvalue weighted by Gasteiger charge is 2.17. The molecule has 0 aliphatic rings. The van der Waals surface area contributed by atoms with Crippen molar-refractivity contribution in [1.29, 1.82) is 0 Å². The number of nitrogens with one attached hydrogen (secondary N) is 1. The van der Waals surface area contributed by atoms with E-state index in [1.807, 2.05) is 6.07 Å². The van der Waals surface area contributed by atoms with E-state index in [2.05, 4.69) is 18.6 Å². The van der Waals surface area contributed by atoms with Gasteiger partial charge in [-0.05, 0) is 36.5 Å². The molecule has 0 heterocycles. The molecular weight excluding hydrogens is 288 g/mol. The number of rotatable bonds is 9. The van der Waals surface area contributed by atoms with Crippen molar-refractivity contribution >= 4 is 10.0 Å². The predicted octanol–water partition coefficient (Wildman–Crippen LogP) is 1.79. The average molecular weight is 314 g/mol.